The number of hydrogen-bond acceptors (Lipinski definition) is 5. The Balaban J connectivity index is 1.47. The lowest BCUT2D eigenvalue weighted by molar-refractivity contribution is -0.144. The summed E-state index contributed by atoms with van der Waals surface area (Å²) in [5.74, 6) is -0.740. The van der Waals surface area contributed by atoms with Gasteiger partial charge in [0, 0.05) is 10.9 Å². The molecule has 3 aromatic carbocycles. The molecular formula is C23H18O5. The smallest absolute Gasteiger partial charge is 0.337 e. The molecule has 0 aliphatic carbocycles. The van der Waals surface area contributed by atoms with Gasteiger partial charge in [-0.25, -0.2) is 4.79 Å². The first-order valence-electron chi connectivity index (χ1n) is 8.86. The molecule has 1 aromatic heterocycles. The monoisotopic (exact) mass is 374 g/mol. The summed E-state index contributed by atoms with van der Waals surface area (Å²) < 4.78 is 15.7. The minimum atomic E-state index is -0.400. The van der Waals surface area contributed by atoms with E-state index in [1.807, 2.05) is 36.4 Å². The molecule has 0 saturated carbocycles. The van der Waals surface area contributed by atoms with Crippen LogP contribution in [0.3, 0.4) is 0 Å². The number of furan rings is 1. The van der Waals surface area contributed by atoms with Crippen molar-refractivity contribution in [1.82, 2.24) is 0 Å². The normalized spacial score (nSPS) is 10.9. The van der Waals surface area contributed by atoms with Crippen LogP contribution in [0.5, 0.6) is 0 Å². The molecule has 0 amide bonds. The van der Waals surface area contributed by atoms with Crippen molar-refractivity contribution in [3.05, 3.63) is 83.6 Å². The van der Waals surface area contributed by atoms with Crippen LogP contribution < -0.4 is 0 Å². The molecule has 4 rings (SSSR count). The molecule has 0 fully saturated rings. The zero-order valence-electron chi connectivity index (χ0n) is 15.3. The first kappa shape index (κ1) is 17.8. The van der Waals surface area contributed by atoms with Crippen molar-refractivity contribution in [1.29, 1.82) is 0 Å². The standard InChI is InChI=1S/C23H18O5/c1-26-23(25)17-8-6-15(7-9-17)13-28-21(24)12-18-14-27-20-11-10-16-4-2-3-5-19(16)22(18)20/h2-11,14H,12-13H2,1H3. The molecule has 0 radical (unpaired) electrons. The van der Waals surface area contributed by atoms with Crippen LogP contribution in [0.15, 0.2) is 71.3 Å². The van der Waals surface area contributed by atoms with Gasteiger partial charge in [0.15, 0.2) is 0 Å². The minimum Gasteiger partial charge on any atom is -0.465 e. The van der Waals surface area contributed by atoms with Crippen molar-refractivity contribution in [2.75, 3.05) is 7.11 Å². The average Bonchev–Trinajstić information content (AvgIpc) is 3.15. The predicted octanol–water partition coefficient (Wildman–Crippen LogP) is 4.66. The molecule has 5 heteroatoms. The molecule has 0 aliphatic heterocycles. The Morgan fingerprint density at radius 3 is 2.54 bits per heavy atom. The van der Waals surface area contributed by atoms with Crippen LogP contribution in [0.25, 0.3) is 21.7 Å². The van der Waals surface area contributed by atoms with Gasteiger partial charge in [-0.15, -0.1) is 0 Å². The van der Waals surface area contributed by atoms with E-state index in [2.05, 4.69) is 4.74 Å². The fourth-order valence-corrected chi connectivity index (χ4v) is 3.23. The Hall–Kier alpha value is -3.60. The van der Waals surface area contributed by atoms with E-state index in [1.54, 1.807) is 30.5 Å². The summed E-state index contributed by atoms with van der Waals surface area (Å²) in [4.78, 5) is 23.8. The Morgan fingerprint density at radius 1 is 0.964 bits per heavy atom. The summed E-state index contributed by atoms with van der Waals surface area (Å²) >= 11 is 0. The van der Waals surface area contributed by atoms with Crippen molar-refractivity contribution < 1.29 is 23.5 Å². The molecular weight excluding hydrogens is 356 g/mol. The van der Waals surface area contributed by atoms with Gasteiger partial charge >= 0.3 is 11.9 Å². The fourth-order valence-electron chi connectivity index (χ4n) is 3.23. The lowest BCUT2D eigenvalue weighted by atomic mass is 10.0. The van der Waals surface area contributed by atoms with Gasteiger partial charge in [0.2, 0.25) is 0 Å². The van der Waals surface area contributed by atoms with Crippen molar-refractivity contribution in [3.8, 4) is 0 Å². The fraction of sp³-hybridized carbons (Fsp3) is 0.130. The zero-order valence-corrected chi connectivity index (χ0v) is 15.3. The maximum Gasteiger partial charge on any atom is 0.337 e. The van der Waals surface area contributed by atoms with Crippen LogP contribution in [0.2, 0.25) is 0 Å². The average molecular weight is 374 g/mol. The maximum atomic E-state index is 12.3. The number of methoxy groups -OCH3 is 1. The van der Waals surface area contributed by atoms with E-state index in [1.165, 1.54) is 7.11 Å². The SMILES string of the molecule is COC(=O)c1ccc(COC(=O)Cc2coc3ccc4ccccc4c23)cc1. The van der Waals surface area contributed by atoms with Crippen LogP contribution in [0, 0.1) is 0 Å². The molecule has 0 saturated heterocycles. The Morgan fingerprint density at radius 2 is 1.75 bits per heavy atom. The van der Waals surface area contributed by atoms with Crippen molar-refractivity contribution >= 4 is 33.7 Å². The minimum absolute atomic E-state index is 0.126. The van der Waals surface area contributed by atoms with Gasteiger partial charge in [0.25, 0.3) is 0 Å². The third kappa shape index (κ3) is 3.47. The predicted molar refractivity (Wildman–Crippen MR) is 105 cm³/mol. The summed E-state index contributed by atoms with van der Waals surface area (Å²) in [5, 5.41) is 3.09. The van der Waals surface area contributed by atoms with Crippen LogP contribution in [0.4, 0.5) is 0 Å². The van der Waals surface area contributed by atoms with Gasteiger partial charge in [-0.05, 0) is 34.5 Å². The first-order valence-corrected chi connectivity index (χ1v) is 8.86. The van der Waals surface area contributed by atoms with Crippen molar-refractivity contribution in [3.63, 3.8) is 0 Å². The van der Waals surface area contributed by atoms with Gasteiger partial charge in [-0.1, -0.05) is 42.5 Å². The highest BCUT2D eigenvalue weighted by molar-refractivity contribution is 6.08. The van der Waals surface area contributed by atoms with E-state index >= 15 is 0 Å². The quantitative estimate of drug-likeness (QED) is 0.476. The van der Waals surface area contributed by atoms with Crippen LogP contribution in [-0.4, -0.2) is 19.0 Å². The summed E-state index contributed by atoms with van der Waals surface area (Å²) in [7, 11) is 1.33. The van der Waals surface area contributed by atoms with Gasteiger partial charge in [-0.3, -0.25) is 4.79 Å². The van der Waals surface area contributed by atoms with Crippen LogP contribution in [-0.2, 0) is 27.3 Å². The number of rotatable bonds is 5. The topological polar surface area (TPSA) is 65.7 Å². The summed E-state index contributed by atoms with van der Waals surface area (Å²) in [6, 6.07) is 18.7. The van der Waals surface area contributed by atoms with Crippen molar-refractivity contribution in [2.24, 2.45) is 0 Å². The first-order chi connectivity index (χ1) is 13.7. The Kier molecular flexibility index (Phi) is 4.81. The van der Waals surface area contributed by atoms with Gasteiger partial charge in [0.1, 0.15) is 12.2 Å². The number of hydrogen-bond donors (Lipinski definition) is 0. The molecule has 5 nitrogen and oxygen atoms in total. The van der Waals surface area contributed by atoms with E-state index in [0.717, 1.165) is 32.9 Å². The molecule has 0 unspecified atom stereocenters. The number of benzene rings is 3. The molecule has 4 aromatic rings. The summed E-state index contributed by atoms with van der Waals surface area (Å²) in [5.41, 5.74) is 2.80. The molecule has 28 heavy (non-hydrogen) atoms. The Bertz CT molecular complexity index is 1150. The lowest BCUT2D eigenvalue weighted by Gasteiger charge is -2.06. The van der Waals surface area contributed by atoms with Gasteiger partial charge in [-0.2, -0.15) is 0 Å². The second-order valence-corrected chi connectivity index (χ2v) is 6.45. The van der Waals surface area contributed by atoms with E-state index in [4.69, 9.17) is 9.15 Å². The summed E-state index contributed by atoms with van der Waals surface area (Å²) in [6.45, 7) is 0.136. The maximum absolute atomic E-state index is 12.3. The van der Waals surface area contributed by atoms with E-state index < -0.39 is 5.97 Å². The third-order valence-electron chi connectivity index (χ3n) is 4.65. The van der Waals surface area contributed by atoms with E-state index in [-0.39, 0.29) is 19.0 Å². The number of esters is 2. The van der Waals surface area contributed by atoms with Crippen molar-refractivity contribution in [2.45, 2.75) is 13.0 Å². The van der Waals surface area contributed by atoms with Crippen LogP contribution in [0.1, 0.15) is 21.5 Å². The molecule has 0 spiro atoms. The largest absolute Gasteiger partial charge is 0.465 e. The second kappa shape index (κ2) is 7.56. The molecule has 0 atom stereocenters. The molecule has 0 bridgehead atoms. The zero-order chi connectivity index (χ0) is 19.5. The highest BCUT2D eigenvalue weighted by atomic mass is 16.5. The number of carbonyl (C=O) groups is 2. The lowest BCUT2D eigenvalue weighted by Crippen LogP contribution is -2.08. The summed E-state index contributed by atoms with van der Waals surface area (Å²) in [6.07, 6.45) is 1.74. The van der Waals surface area contributed by atoms with E-state index in [0.29, 0.717) is 5.56 Å². The third-order valence-corrected chi connectivity index (χ3v) is 4.65. The molecule has 1 heterocycles. The molecule has 0 aliphatic rings. The highest BCUT2D eigenvalue weighted by Gasteiger charge is 2.14. The molecule has 140 valence electrons. The van der Waals surface area contributed by atoms with Gasteiger partial charge < -0.3 is 13.9 Å². The highest BCUT2D eigenvalue weighted by Crippen LogP contribution is 2.30. The van der Waals surface area contributed by atoms with E-state index in [9.17, 15) is 9.59 Å². The van der Waals surface area contributed by atoms with Crippen LogP contribution >= 0.6 is 0 Å². The number of fused-ring (bicyclic) bond motifs is 3. The number of ether oxygens (including phenoxy) is 2. The number of carbonyl (C=O) groups excluding carboxylic acids is 2. The Labute approximate surface area is 161 Å². The molecule has 0 N–H and O–H groups in total. The second-order valence-electron chi connectivity index (χ2n) is 6.45. The van der Waals surface area contributed by atoms with Gasteiger partial charge in [0.05, 0.1) is 25.4 Å².